The molecule has 2 aromatic rings. The summed E-state index contributed by atoms with van der Waals surface area (Å²) in [4.78, 5) is 25.1. The Hall–Kier alpha value is -2.81. The number of nitrogens with zero attached hydrogens (tertiary/aromatic N) is 3. The average Bonchev–Trinajstić information content (AvgIpc) is 2.66. The van der Waals surface area contributed by atoms with Gasteiger partial charge in [-0.25, -0.2) is 19.4 Å². The Bertz CT molecular complexity index is 889. The van der Waals surface area contributed by atoms with Crippen LogP contribution in [0, 0.1) is 12.7 Å². The van der Waals surface area contributed by atoms with Crippen LogP contribution in [0.3, 0.4) is 0 Å². The number of rotatable bonds is 9. The molecule has 0 aliphatic rings. The summed E-state index contributed by atoms with van der Waals surface area (Å²) in [6.45, 7) is 7.89. The van der Waals surface area contributed by atoms with Crippen LogP contribution < -0.4 is 16.1 Å². The fraction of sp³-hybridized carbons (Fsp3) is 0.400. The lowest BCUT2D eigenvalue weighted by Gasteiger charge is -2.15. The molecule has 0 saturated heterocycles. The van der Waals surface area contributed by atoms with Crippen molar-refractivity contribution in [2.24, 2.45) is 4.99 Å². The van der Waals surface area contributed by atoms with E-state index in [1.165, 1.54) is 18.5 Å². The molecule has 0 spiro atoms. The van der Waals surface area contributed by atoms with Gasteiger partial charge < -0.3 is 15.7 Å². The fourth-order valence-corrected chi connectivity index (χ4v) is 2.74. The van der Waals surface area contributed by atoms with Crippen molar-refractivity contribution in [2.45, 2.75) is 39.9 Å². The summed E-state index contributed by atoms with van der Waals surface area (Å²) >= 11 is 0. The topological polar surface area (TPSA) is 99.5 Å². The Morgan fingerprint density at radius 2 is 2.10 bits per heavy atom. The second-order valence-electron chi connectivity index (χ2n) is 7.21. The van der Waals surface area contributed by atoms with Gasteiger partial charge in [-0.3, -0.25) is 4.79 Å². The fourth-order valence-electron chi connectivity index (χ4n) is 2.74. The molecular formula is C20H27BFN5O2. The van der Waals surface area contributed by atoms with Crippen LogP contribution >= 0.6 is 0 Å². The number of aliphatic hydroxyl groups excluding tert-OH is 1. The Morgan fingerprint density at radius 3 is 2.79 bits per heavy atom. The molecule has 2 rings (SSSR count). The molecule has 0 aliphatic heterocycles. The standard InChI is InChI=1S/C20H27BFN5O2/c1-12(2)21-16-10-15(22)6-7-17(16)27-19-18(13(3)24-11-25-19)26-14(4)20(29)23-8-5-9-28/h6-7,10-12,21,28H,5,8-9H2,1-4H3,(H,23,29)(H,24,25,27)/b26-14+. The van der Waals surface area contributed by atoms with Crippen molar-refractivity contribution in [1.29, 1.82) is 0 Å². The number of hydrogen-bond donors (Lipinski definition) is 3. The predicted molar refractivity (Wildman–Crippen MR) is 116 cm³/mol. The highest BCUT2D eigenvalue weighted by Crippen LogP contribution is 2.28. The number of amides is 1. The van der Waals surface area contributed by atoms with Gasteiger partial charge in [-0.15, -0.1) is 0 Å². The van der Waals surface area contributed by atoms with Crippen molar-refractivity contribution in [1.82, 2.24) is 15.3 Å². The van der Waals surface area contributed by atoms with Crippen molar-refractivity contribution in [3.63, 3.8) is 0 Å². The van der Waals surface area contributed by atoms with Crippen molar-refractivity contribution >= 4 is 41.6 Å². The highest BCUT2D eigenvalue weighted by molar-refractivity contribution is 6.56. The van der Waals surface area contributed by atoms with E-state index in [2.05, 4.69) is 39.4 Å². The van der Waals surface area contributed by atoms with Crippen LogP contribution in [-0.2, 0) is 4.79 Å². The third-order valence-corrected chi connectivity index (χ3v) is 4.18. The molecule has 9 heteroatoms. The molecule has 7 nitrogen and oxygen atoms in total. The van der Waals surface area contributed by atoms with E-state index in [1.54, 1.807) is 19.9 Å². The van der Waals surface area contributed by atoms with Gasteiger partial charge >= 0.3 is 0 Å². The van der Waals surface area contributed by atoms with E-state index in [1.807, 2.05) is 0 Å². The Morgan fingerprint density at radius 1 is 1.34 bits per heavy atom. The smallest absolute Gasteiger partial charge is 0.265 e. The third-order valence-electron chi connectivity index (χ3n) is 4.18. The molecule has 154 valence electrons. The number of nitrogens with one attached hydrogen (secondary N) is 2. The quantitative estimate of drug-likeness (QED) is 0.341. The summed E-state index contributed by atoms with van der Waals surface area (Å²) in [5.41, 5.74) is 2.88. The lowest BCUT2D eigenvalue weighted by Crippen LogP contribution is -2.30. The van der Waals surface area contributed by atoms with Crippen LogP contribution in [0.5, 0.6) is 0 Å². The molecular weight excluding hydrogens is 372 g/mol. The highest BCUT2D eigenvalue weighted by Gasteiger charge is 2.14. The first-order valence-corrected chi connectivity index (χ1v) is 9.63. The van der Waals surface area contributed by atoms with E-state index in [0.717, 1.165) is 11.2 Å². The minimum atomic E-state index is -0.324. The SMILES string of the molecule is C/C(=N\c1c(C)ncnc1Nc1ccc(F)cc1BC(C)C)C(=O)NCCCO. The number of aliphatic imine (C=N–C) groups is 1. The minimum Gasteiger partial charge on any atom is -0.396 e. The summed E-state index contributed by atoms with van der Waals surface area (Å²) in [7, 11) is 0.703. The average molecular weight is 399 g/mol. The first kappa shape index (κ1) is 22.5. The van der Waals surface area contributed by atoms with Crippen LogP contribution in [-0.4, -0.2) is 47.1 Å². The van der Waals surface area contributed by atoms with Crippen LogP contribution in [0.1, 0.15) is 32.9 Å². The number of aryl methyl sites for hydroxylation is 1. The molecule has 0 aliphatic carbocycles. The lowest BCUT2D eigenvalue weighted by atomic mass is 9.60. The van der Waals surface area contributed by atoms with Gasteiger partial charge in [-0.2, -0.15) is 0 Å². The number of anilines is 2. The Kier molecular flexibility index (Phi) is 8.27. The number of aliphatic hydroxyl groups is 1. The van der Waals surface area contributed by atoms with Gasteiger partial charge in [0.15, 0.2) is 13.1 Å². The maximum Gasteiger partial charge on any atom is 0.265 e. The van der Waals surface area contributed by atoms with E-state index in [4.69, 9.17) is 5.11 Å². The van der Waals surface area contributed by atoms with Gasteiger partial charge in [-0.1, -0.05) is 25.1 Å². The maximum atomic E-state index is 13.7. The maximum absolute atomic E-state index is 13.7. The molecule has 0 fully saturated rings. The second-order valence-corrected chi connectivity index (χ2v) is 7.21. The lowest BCUT2D eigenvalue weighted by molar-refractivity contribution is -0.114. The van der Waals surface area contributed by atoms with Crippen molar-refractivity contribution in [3.05, 3.63) is 36.0 Å². The van der Waals surface area contributed by atoms with Crippen LogP contribution in [0.2, 0.25) is 5.82 Å². The molecule has 0 atom stereocenters. The molecule has 1 amide bonds. The molecule has 1 heterocycles. The van der Waals surface area contributed by atoms with E-state index in [0.29, 0.717) is 43.3 Å². The van der Waals surface area contributed by atoms with E-state index < -0.39 is 0 Å². The van der Waals surface area contributed by atoms with Gasteiger partial charge in [0.1, 0.15) is 23.5 Å². The van der Waals surface area contributed by atoms with Crippen LogP contribution in [0.25, 0.3) is 0 Å². The number of aromatic nitrogens is 2. The summed E-state index contributed by atoms with van der Waals surface area (Å²) in [5.74, 6) is 0.178. The molecule has 1 aromatic heterocycles. The zero-order chi connectivity index (χ0) is 21.4. The predicted octanol–water partition coefficient (Wildman–Crippen LogP) is 2.15. The zero-order valence-electron chi connectivity index (χ0n) is 17.3. The molecule has 0 radical (unpaired) electrons. The van der Waals surface area contributed by atoms with Crippen molar-refractivity contribution in [3.8, 4) is 0 Å². The molecule has 1 aromatic carbocycles. The van der Waals surface area contributed by atoms with Gasteiger partial charge in [0.2, 0.25) is 0 Å². The van der Waals surface area contributed by atoms with Gasteiger partial charge in [-0.05, 0) is 38.5 Å². The van der Waals surface area contributed by atoms with E-state index in [-0.39, 0.29) is 24.0 Å². The monoisotopic (exact) mass is 399 g/mol. The van der Waals surface area contributed by atoms with Crippen molar-refractivity contribution in [2.75, 3.05) is 18.5 Å². The third kappa shape index (κ3) is 6.64. The zero-order valence-corrected chi connectivity index (χ0v) is 17.3. The Balaban J connectivity index is 2.34. The second kappa shape index (κ2) is 10.7. The van der Waals surface area contributed by atoms with Gasteiger partial charge in [0.25, 0.3) is 5.91 Å². The number of carbonyl (C=O) groups excluding carboxylic acids is 1. The van der Waals surface area contributed by atoms with Crippen molar-refractivity contribution < 1.29 is 14.3 Å². The number of halogens is 1. The van der Waals surface area contributed by atoms with Crippen LogP contribution in [0.15, 0.2) is 29.5 Å². The first-order valence-electron chi connectivity index (χ1n) is 9.63. The molecule has 29 heavy (non-hydrogen) atoms. The van der Waals surface area contributed by atoms with E-state index >= 15 is 0 Å². The minimum absolute atomic E-state index is 0.00650. The normalized spacial score (nSPS) is 11.5. The summed E-state index contributed by atoms with van der Waals surface area (Å²) in [6.07, 6.45) is 1.89. The molecule has 3 N–H and O–H groups in total. The molecule has 0 bridgehead atoms. The first-order chi connectivity index (χ1) is 13.8. The van der Waals surface area contributed by atoms with Gasteiger partial charge in [0.05, 0.1) is 5.69 Å². The number of hydrogen-bond acceptors (Lipinski definition) is 6. The molecule has 0 saturated carbocycles. The number of benzene rings is 1. The highest BCUT2D eigenvalue weighted by atomic mass is 19.1. The largest absolute Gasteiger partial charge is 0.396 e. The summed E-state index contributed by atoms with van der Waals surface area (Å²) in [5, 5.41) is 14.7. The molecule has 0 unspecified atom stereocenters. The Labute approximate surface area is 171 Å². The van der Waals surface area contributed by atoms with Gasteiger partial charge in [0, 0.05) is 18.8 Å². The summed E-state index contributed by atoms with van der Waals surface area (Å²) < 4.78 is 13.7. The summed E-state index contributed by atoms with van der Waals surface area (Å²) in [6, 6.07) is 4.58. The number of carbonyl (C=O) groups is 1. The van der Waals surface area contributed by atoms with Crippen LogP contribution in [0.4, 0.5) is 21.6 Å². The van der Waals surface area contributed by atoms with E-state index in [9.17, 15) is 9.18 Å².